The number of amides is 1. The molecule has 0 spiro atoms. The molecule has 1 saturated heterocycles. The van der Waals surface area contributed by atoms with E-state index in [1.807, 2.05) is 0 Å². The van der Waals surface area contributed by atoms with Crippen molar-refractivity contribution in [3.05, 3.63) is 47.2 Å². The maximum atomic E-state index is 12.5. The van der Waals surface area contributed by atoms with Gasteiger partial charge in [-0.05, 0) is 24.3 Å². The fraction of sp³-hybridized carbons (Fsp3) is 0.294. The first kappa shape index (κ1) is 20.3. The first-order valence-corrected chi connectivity index (χ1v) is 10.2. The SMILES string of the molecule is O=C(COC(=O)c1cc(S(=O)(=O)N2CCOCC2)c[nH]1)Nc1cccc(Cl)c1. The molecule has 11 heteroatoms. The number of aromatic amines is 1. The average Bonchev–Trinajstić information content (AvgIpc) is 3.18. The Hall–Kier alpha value is -2.40. The van der Waals surface area contributed by atoms with Gasteiger partial charge in [0, 0.05) is 30.0 Å². The maximum absolute atomic E-state index is 12.5. The molecule has 1 aromatic heterocycles. The Morgan fingerprint density at radius 1 is 1.25 bits per heavy atom. The number of benzene rings is 1. The number of nitrogens with one attached hydrogen (secondary N) is 2. The molecule has 3 rings (SSSR count). The Balaban J connectivity index is 1.57. The number of nitrogens with zero attached hydrogens (tertiary/aromatic N) is 1. The van der Waals surface area contributed by atoms with Crippen LogP contribution < -0.4 is 5.32 Å². The van der Waals surface area contributed by atoms with Crippen LogP contribution in [0.1, 0.15) is 10.5 Å². The molecular formula is C17H18ClN3O6S. The first-order chi connectivity index (χ1) is 13.4. The third kappa shape index (κ3) is 4.90. The van der Waals surface area contributed by atoms with E-state index in [1.54, 1.807) is 24.3 Å². The van der Waals surface area contributed by atoms with Crippen LogP contribution in [0.25, 0.3) is 0 Å². The lowest BCUT2D eigenvalue weighted by Gasteiger charge is -2.25. The standard InChI is InChI=1S/C17H18ClN3O6S/c18-12-2-1-3-13(8-12)20-16(22)11-27-17(23)15-9-14(10-19-15)28(24,25)21-4-6-26-7-5-21/h1-3,8-10,19H,4-7,11H2,(H,20,22). The zero-order valence-electron chi connectivity index (χ0n) is 14.7. The molecular weight excluding hydrogens is 410 g/mol. The number of sulfonamides is 1. The Bertz CT molecular complexity index is 969. The van der Waals surface area contributed by atoms with E-state index < -0.39 is 28.5 Å². The van der Waals surface area contributed by atoms with Crippen LogP contribution in [-0.4, -0.2) is 62.5 Å². The van der Waals surface area contributed by atoms with Gasteiger partial charge in [0.15, 0.2) is 6.61 Å². The number of H-pyrrole nitrogens is 1. The Labute approximate surface area is 166 Å². The summed E-state index contributed by atoms with van der Waals surface area (Å²) in [5.74, 6) is -1.40. The predicted octanol–water partition coefficient (Wildman–Crippen LogP) is 1.48. The summed E-state index contributed by atoms with van der Waals surface area (Å²) in [6.07, 6.45) is 1.22. The third-order valence-corrected chi connectivity index (χ3v) is 6.04. The molecule has 2 aromatic rings. The van der Waals surface area contributed by atoms with Gasteiger partial charge in [0.05, 0.1) is 13.2 Å². The van der Waals surface area contributed by atoms with Crippen LogP contribution in [0.15, 0.2) is 41.4 Å². The first-order valence-electron chi connectivity index (χ1n) is 8.35. The summed E-state index contributed by atoms with van der Waals surface area (Å²) in [4.78, 5) is 26.5. The number of carbonyl (C=O) groups is 2. The normalized spacial score (nSPS) is 15.2. The number of hydrogen-bond donors (Lipinski definition) is 2. The highest BCUT2D eigenvalue weighted by Crippen LogP contribution is 2.18. The van der Waals surface area contributed by atoms with Crippen molar-refractivity contribution in [1.29, 1.82) is 0 Å². The summed E-state index contributed by atoms with van der Waals surface area (Å²) in [7, 11) is -3.73. The van der Waals surface area contributed by atoms with Gasteiger partial charge in [0.1, 0.15) is 10.6 Å². The fourth-order valence-electron chi connectivity index (χ4n) is 2.55. The number of esters is 1. The molecule has 0 radical (unpaired) electrons. The molecule has 1 aromatic carbocycles. The van der Waals surface area contributed by atoms with Crippen LogP contribution in [0.2, 0.25) is 5.02 Å². The van der Waals surface area contributed by atoms with Crippen LogP contribution in [0.3, 0.4) is 0 Å². The van der Waals surface area contributed by atoms with E-state index in [2.05, 4.69) is 10.3 Å². The molecule has 1 fully saturated rings. The van der Waals surface area contributed by atoms with E-state index in [4.69, 9.17) is 21.1 Å². The minimum Gasteiger partial charge on any atom is -0.451 e. The lowest BCUT2D eigenvalue weighted by atomic mass is 10.3. The lowest BCUT2D eigenvalue weighted by Crippen LogP contribution is -2.40. The van der Waals surface area contributed by atoms with Gasteiger partial charge in [-0.3, -0.25) is 4.79 Å². The molecule has 2 N–H and O–H groups in total. The summed E-state index contributed by atoms with van der Waals surface area (Å²) in [5, 5.41) is 2.99. The van der Waals surface area contributed by atoms with Gasteiger partial charge in [0.25, 0.3) is 5.91 Å². The van der Waals surface area contributed by atoms with Crippen molar-refractivity contribution in [2.24, 2.45) is 0 Å². The lowest BCUT2D eigenvalue weighted by molar-refractivity contribution is -0.119. The van der Waals surface area contributed by atoms with E-state index in [-0.39, 0.29) is 23.7 Å². The second kappa shape index (κ2) is 8.74. The van der Waals surface area contributed by atoms with E-state index in [9.17, 15) is 18.0 Å². The predicted molar refractivity (Wildman–Crippen MR) is 101 cm³/mol. The average molecular weight is 428 g/mol. The van der Waals surface area contributed by atoms with Gasteiger partial charge < -0.3 is 19.8 Å². The van der Waals surface area contributed by atoms with Crippen molar-refractivity contribution in [1.82, 2.24) is 9.29 Å². The summed E-state index contributed by atoms with van der Waals surface area (Å²) >= 11 is 5.83. The van der Waals surface area contributed by atoms with Gasteiger partial charge in [-0.1, -0.05) is 17.7 Å². The van der Waals surface area contributed by atoms with Crippen LogP contribution in [0, 0.1) is 0 Å². The number of anilines is 1. The molecule has 1 amide bonds. The largest absolute Gasteiger partial charge is 0.451 e. The number of aromatic nitrogens is 1. The highest BCUT2D eigenvalue weighted by molar-refractivity contribution is 7.89. The zero-order chi connectivity index (χ0) is 20.1. The fourth-order valence-corrected chi connectivity index (χ4v) is 4.14. The van der Waals surface area contributed by atoms with Gasteiger partial charge in [-0.2, -0.15) is 4.31 Å². The number of morpholine rings is 1. The molecule has 0 atom stereocenters. The monoisotopic (exact) mass is 427 g/mol. The number of ether oxygens (including phenoxy) is 2. The van der Waals surface area contributed by atoms with E-state index in [0.29, 0.717) is 23.9 Å². The molecule has 0 unspecified atom stereocenters. The molecule has 0 saturated carbocycles. The van der Waals surface area contributed by atoms with Crippen molar-refractivity contribution in [2.75, 3.05) is 38.2 Å². The molecule has 150 valence electrons. The zero-order valence-corrected chi connectivity index (χ0v) is 16.3. The van der Waals surface area contributed by atoms with Crippen molar-refractivity contribution >= 4 is 39.2 Å². The van der Waals surface area contributed by atoms with Crippen molar-refractivity contribution in [2.45, 2.75) is 4.90 Å². The van der Waals surface area contributed by atoms with Crippen molar-refractivity contribution in [3.63, 3.8) is 0 Å². The maximum Gasteiger partial charge on any atom is 0.355 e. The van der Waals surface area contributed by atoms with Crippen LogP contribution >= 0.6 is 11.6 Å². The topological polar surface area (TPSA) is 118 Å². The van der Waals surface area contributed by atoms with E-state index in [1.165, 1.54) is 16.6 Å². The summed E-state index contributed by atoms with van der Waals surface area (Å²) < 4.78 is 36.4. The summed E-state index contributed by atoms with van der Waals surface area (Å²) in [6.45, 7) is 0.602. The van der Waals surface area contributed by atoms with Crippen molar-refractivity contribution < 1.29 is 27.5 Å². The summed E-state index contributed by atoms with van der Waals surface area (Å²) in [5.41, 5.74) is 0.398. The number of hydrogen-bond acceptors (Lipinski definition) is 6. The van der Waals surface area contributed by atoms with E-state index in [0.717, 1.165) is 0 Å². The third-order valence-electron chi connectivity index (χ3n) is 3.93. The van der Waals surface area contributed by atoms with Crippen LogP contribution in [0.5, 0.6) is 0 Å². The molecule has 28 heavy (non-hydrogen) atoms. The minimum atomic E-state index is -3.73. The van der Waals surface area contributed by atoms with E-state index >= 15 is 0 Å². The van der Waals surface area contributed by atoms with Crippen LogP contribution in [-0.2, 0) is 24.3 Å². The molecule has 2 heterocycles. The van der Waals surface area contributed by atoms with Gasteiger partial charge in [0.2, 0.25) is 10.0 Å². The molecule has 0 aliphatic carbocycles. The van der Waals surface area contributed by atoms with Gasteiger partial charge in [-0.15, -0.1) is 0 Å². The highest BCUT2D eigenvalue weighted by atomic mass is 35.5. The highest BCUT2D eigenvalue weighted by Gasteiger charge is 2.28. The van der Waals surface area contributed by atoms with Gasteiger partial charge in [-0.25, -0.2) is 13.2 Å². The molecule has 0 bridgehead atoms. The summed E-state index contributed by atoms with van der Waals surface area (Å²) in [6, 6.07) is 7.70. The number of halogens is 1. The van der Waals surface area contributed by atoms with Crippen molar-refractivity contribution in [3.8, 4) is 0 Å². The smallest absolute Gasteiger partial charge is 0.355 e. The van der Waals surface area contributed by atoms with Crippen LogP contribution in [0.4, 0.5) is 5.69 Å². The number of rotatable bonds is 6. The Morgan fingerprint density at radius 2 is 2.00 bits per heavy atom. The Kier molecular flexibility index (Phi) is 6.35. The second-order valence-corrected chi connectivity index (χ2v) is 8.27. The second-order valence-electron chi connectivity index (χ2n) is 5.90. The Morgan fingerprint density at radius 3 is 2.71 bits per heavy atom. The molecule has 9 nitrogen and oxygen atoms in total. The number of carbonyl (C=O) groups excluding carboxylic acids is 2. The van der Waals surface area contributed by atoms with Gasteiger partial charge >= 0.3 is 5.97 Å². The molecule has 1 aliphatic rings. The quantitative estimate of drug-likeness (QED) is 0.674. The molecule has 1 aliphatic heterocycles. The minimum absolute atomic E-state index is 0.0512.